The predicted molar refractivity (Wildman–Crippen MR) is 114 cm³/mol. The van der Waals surface area contributed by atoms with E-state index in [1.54, 1.807) is 31.3 Å². The summed E-state index contributed by atoms with van der Waals surface area (Å²) in [5.74, 6) is 0.644. The van der Waals surface area contributed by atoms with E-state index in [0.29, 0.717) is 38.8 Å². The van der Waals surface area contributed by atoms with E-state index in [-0.39, 0.29) is 18.3 Å². The zero-order chi connectivity index (χ0) is 22.1. The lowest BCUT2D eigenvalue weighted by molar-refractivity contribution is -0.160. The molecule has 1 saturated heterocycles. The molecule has 7 heteroatoms. The summed E-state index contributed by atoms with van der Waals surface area (Å²) in [6.07, 6.45) is 8.78. The van der Waals surface area contributed by atoms with Crippen molar-refractivity contribution in [3.63, 3.8) is 0 Å². The number of ether oxygens (including phenoxy) is 2. The van der Waals surface area contributed by atoms with Crippen molar-refractivity contribution in [3.05, 3.63) is 54.4 Å². The molecule has 3 aliphatic rings. The third-order valence-corrected chi connectivity index (χ3v) is 6.75. The van der Waals surface area contributed by atoms with E-state index < -0.39 is 16.9 Å². The Morgan fingerprint density at radius 3 is 2.39 bits per heavy atom. The first-order chi connectivity index (χ1) is 15.0. The fourth-order valence-electron chi connectivity index (χ4n) is 5.09. The number of fused-ring (bicyclic) bond motifs is 1. The highest BCUT2D eigenvalue weighted by Gasteiger charge is 2.64. The summed E-state index contributed by atoms with van der Waals surface area (Å²) in [4.78, 5) is 42.2. The topological polar surface area (TPSA) is 76.2 Å². The number of allylic oxidation sites excluding steroid dienone is 2. The minimum Gasteiger partial charge on any atom is -0.497 e. The molecule has 1 atom stereocenters. The molecule has 1 aliphatic carbocycles. The van der Waals surface area contributed by atoms with Crippen molar-refractivity contribution >= 4 is 17.8 Å². The van der Waals surface area contributed by atoms with Crippen LogP contribution in [0.4, 0.5) is 4.79 Å². The standard InChI is InChI=1S/C24H28N2O5/c1-3-31-22(29)25-14-11-23(12-15-25)13-16-26(17-18-6-8-19(30-2)9-7-18)21(28)24(23)10-4-5-20(24)27/h6-9,11-12,14-15H,3-5,10,13,16-17H2,1-2H3. The number of carbonyl (C=O) groups is 3. The molecule has 31 heavy (non-hydrogen) atoms. The first-order valence-electron chi connectivity index (χ1n) is 10.8. The maximum Gasteiger partial charge on any atom is 0.417 e. The van der Waals surface area contributed by atoms with E-state index in [1.807, 2.05) is 36.4 Å². The van der Waals surface area contributed by atoms with Gasteiger partial charge in [-0.2, -0.15) is 0 Å². The number of piperidine rings is 1. The van der Waals surface area contributed by atoms with Gasteiger partial charge in [0.05, 0.1) is 13.7 Å². The molecule has 2 heterocycles. The molecule has 4 rings (SSSR count). The maximum atomic E-state index is 13.8. The van der Waals surface area contributed by atoms with E-state index in [2.05, 4.69) is 0 Å². The van der Waals surface area contributed by atoms with Gasteiger partial charge < -0.3 is 14.4 Å². The van der Waals surface area contributed by atoms with Gasteiger partial charge in [0.1, 0.15) is 16.9 Å². The van der Waals surface area contributed by atoms with Crippen LogP contribution in [-0.2, 0) is 20.9 Å². The molecule has 0 N–H and O–H groups in total. The van der Waals surface area contributed by atoms with Gasteiger partial charge in [0.25, 0.3) is 0 Å². The van der Waals surface area contributed by atoms with Crippen molar-refractivity contribution in [1.29, 1.82) is 0 Å². The molecule has 164 valence electrons. The van der Waals surface area contributed by atoms with E-state index in [1.165, 1.54) is 4.90 Å². The number of rotatable bonds is 4. The summed E-state index contributed by atoms with van der Waals surface area (Å²) in [5, 5.41) is 0. The van der Waals surface area contributed by atoms with Crippen LogP contribution < -0.4 is 4.74 Å². The Balaban J connectivity index is 1.61. The Kier molecular flexibility index (Phi) is 5.60. The van der Waals surface area contributed by atoms with Gasteiger partial charge in [0.15, 0.2) is 0 Å². The lowest BCUT2D eigenvalue weighted by Gasteiger charge is -2.51. The second-order valence-electron chi connectivity index (χ2n) is 8.28. The van der Waals surface area contributed by atoms with Gasteiger partial charge in [0.2, 0.25) is 5.91 Å². The van der Waals surface area contributed by atoms with Crippen molar-refractivity contribution in [2.45, 2.75) is 39.2 Å². The predicted octanol–water partition coefficient (Wildman–Crippen LogP) is 3.65. The van der Waals surface area contributed by atoms with Crippen LogP contribution in [0.2, 0.25) is 0 Å². The van der Waals surface area contributed by atoms with Gasteiger partial charge in [-0.25, -0.2) is 4.79 Å². The van der Waals surface area contributed by atoms with Gasteiger partial charge in [-0.05, 0) is 43.9 Å². The Hall–Kier alpha value is -3.09. The van der Waals surface area contributed by atoms with Crippen molar-refractivity contribution in [3.8, 4) is 5.75 Å². The molecule has 0 radical (unpaired) electrons. The molecule has 2 spiro atoms. The average Bonchev–Trinajstić information content (AvgIpc) is 3.18. The molecular formula is C24H28N2O5. The summed E-state index contributed by atoms with van der Waals surface area (Å²) in [5.41, 5.74) is -0.823. The molecule has 0 aromatic heterocycles. The quantitative estimate of drug-likeness (QED) is 0.690. The molecule has 1 saturated carbocycles. The monoisotopic (exact) mass is 424 g/mol. The summed E-state index contributed by atoms with van der Waals surface area (Å²) >= 11 is 0. The molecule has 2 amide bonds. The highest BCUT2D eigenvalue weighted by molar-refractivity contribution is 6.09. The fourth-order valence-corrected chi connectivity index (χ4v) is 5.09. The van der Waals surface area contributed by atoms with Gasteiger partial charge >= 0.3 is 6.09 Å². The number of hydrogen-bond donors (Lipinski definition) is 0. The van der Waals surface area contributed by atoms with Crippen LogP contribution in [0.1, 0.15) is 38.2 Å². The number of benzene rings is 1. The normalized spacial score (nSPS) is 24.3. The zero-order valence-corrected chi connectivity index (χ0v) is 18.0. The number of ketones is 1. The van der Waals surface area contributed by atoms with Crippen LogP contribution in [0.25, 0.3) is 0 Å². The van der Waals surface area contributed by atoms with Crippen molar-refractivity contribution < 1.29 is 23.9 Å². The number of carbonyl (C=O) groups excluding carboxylic acids is 3. The SMILES string of the molecule is CCOC(=O)N1C=CC2(C=C1)CCN(Cc1ccc(OC)cc1)C(=O)C21CCCC1=O. The van der Waals surface area contributed by atoms with Crippen molar-refractivity contribution in [2.24, 2.45) is 10.8 Å². The summed E-state index contributed by atoms with van der Waals surface area (Å²) in [6, 6.07) is 7.63. The number of hydrogen-bond acceptors (Lipinski definition) is 5. The third-order valence-electron chi connectivity index (χ3n) is 6.75. The minimum atomic E-state index is -1.11. The van der Waals surface area contributed by atoms with Crippen LogP contribution in [0.15, 0.2) is 48.8 Å². The van der Waals surface area contributed by atoms with E-state index in [9.17, 15) is 14.4 Å². The van der Waals surface area contributed by atoms with Gasteiger partial charge in [0, 0.05) is 37.3 Å². The Labute approximate surface area is 182 Å². The van der Waals surface area contributed by atoms with Crippen LogP contribution in [-0.4, -0.2) is 47.8 Å². The molecule has 7 nitrogen and oxygen atoms in total. The second kappa shape index (κ2) is 8.21. The first-order valence-corrected chi connectivity index (χ1v) is 10.8. The first kappa shape index (κ1) is 21.2. The molecule has 1 aromatic rings. The molecule has 0 bridgehead atoms. The third kappa shape index (κ3) is 3.42. The van der Waals surface area contributed by atoms with Gasteiger partial charge in [-0.1, -0.05) is 24.3 Å². The van der Waals surface area contributed by atoms with Gasteiger partial charge in [-0.15, -0.1) is 0 Å². The zero-order valence-electron chi connectivity index (χ0n) is 18.0. The molecule has 2 aliphatic heterocycles. The Morgan fingerprint density at radius 1 is 1.10 bits per heavy atom. The van der Waals surface area contributed by atoms with Crippen molar-refractivity contribution in [1.82, 2.24) is 9.80 Å². The number of methoxy groups -OCH3 is 1. The number of likely N-dealkylation sites (tertiary alicyclic amines) is 1. The Bertz CT molecular complexity index is 922. The minimum absolute atomic E-state index is 0.00387. The van der Waals surface area contributed by atoms with Gasteiger partial charge in [-0.3, -0.25) is 14.5 Å². The van der Waals surface area contributed by atoms with Crippen molar-refractivity contribution in [2.75, 3.05) is 20.3 Å². The van der Waals surface area contributed by atoms with Crippen LogP contribution >= 0.6 is 0 Å². The second-order valence-corrected chi connectivity index (χ2v) is 8.28. The van der Waals surface area contributed by atoms with Crippen LogP contribution in [0.5, 0.6) is 5.75 Å². The summed E-state index contributed by atoms with van der Waals surface area (Å²) in [7, 11) is 1.62. The lowest BCUT2D eigenvalue weighted by Crippen LogP contribution is -2.60. The maximum absolute atomic E-state index is 13.8. The highest BCUT2D eigenvalue weighted by Crippen LogP contribution is 2.57. The van der Waals surface area contributed by atoms with Crippen LogP contribution in [0, 0.1) is 10.8 Å². The highest BCUT2D eigenvalue weighted by atomic mass is 16.6. The number of amides is 2. The van der Waals surface area contributed by atoms with E-state index in [4.69, 9.17) is 9.47 Å². The molecule has 2 fully saturated rings. The average molecular weight is 424 g/mol. The summed E-state index contributed by atoms with van der Waals surface area (Å²) in [6.45, 7) is 3.02. The van der Waals surface area contributed by atoms with E-state index >= 15 is 0 Å². The molecular weight excluding hydrogens is 396 g/mol. The van der Waals surface area contributed by atoms with Crippen LogP contribution in [0.3, 0.4) is 0 Å². The lowest BCUT2D eigenvalue weighted by atomic mass is 9.56. The van der Waals surface area contributed by atoms with E-state index in [0.717, 1.165) is 11.3 Å². The smallest absolute Gasteiger partial charge is 0.417 e. The fraction of sp³-hybridized carbons (Fsp3) is 0.458. The molecule has 1 aromatic carbocycles. The Morgan fingerprint density at radius 2 is 1.81 bits per heavy atom. The largest absolute Gasteiger partial charge is 0.497 e. The summed E-state index contributed by atoms with van der Waals surface area (Å²) < 4.78 is 10.3. The number of Topliss-reactive ketones (excluding diaryl/α,β-unsaturated/α-hetero) is 1. The number of nitrogens with zero attached hydrogens (tertiary/aromatic N) is 2. The molecule has 1 unspecified atom stereocenters.